The van der Waals surface area contributed by atoms with Crippen LogP contribution in [0.1, 0.15) is 24.8 Å². The lowest BCUT2D eigenvalue weighted by Gasteiger charge is -2.34. The van der Waals surface area contributed by atoms with Gasteiger partial charge in [0.25, 0.3) is 0 Å². The van der Waals surface area contributed by atoms with Crippen molar-refractivity contribution in [3.05, 3.63) is 34.9 Å². The number of rotatable bonds is 3. The minimum atomic E-state index is -0.844. The monoisotopic (exact) mass is 253 g/mol. The van der Waals surface area contributed by atoms with E-state index in [-0.39, 0.29) is 0 Å². The van der Waals surface area contributed by atoms with Crippen LogP contribution in [0.15, 0.2) is 24.3 Å². The molecule has 1 atom stereocenters. The summed E-state index contributed by atoms with van der Waals surface area (Å²) < 4.78 is 0. The molecule has 1 saturated heterocycles. The Labute approximate surface area is 106 Å². The SMILES string of the molecule is O=C(O)C1(Cc2ccccc2Cl)CCCCN1. The fourth-order valence-electron chi connectivity index (χ4n) is 2.34. The molecule has 0 spiro atoms. The number of piperidine rings is 1. The van der Waals surface area contributed by atoms with Crippen LogP contribution in [0.4, 0.5) is 0 Å². The van der Waals surface area contributed by atoms with E-state index in [1.807, 2.05) is 18.2 Å². The van der Waals surface area contributed by atoms with E-state index in [1.165, 1.54) is 0 Å². The van der Waals surface area contributed by atoms with Gasteiger partial charge in [0.2, 0.25) is 0 Å². The Balaban J connectivity index is 2.24. The van der Waals surface area contributed by atoms with E-state index in [0.29, 0.717) is 17.9 Å². The fraction of sp³-hybridized carbons (Fsp3) is 0.462. The third-order valence-corrected chi connectivity index (χ3v) is 3.72. The number of aliphatic carboxylic acids is 1. The highest BCUT2D eigenvalue weighted by atomic mass is 35.5. The Morgan fingerprint density at radius 3 is 2.76 bits per heavy atom. The van der Waals surface area contributed by atoms with Gasteiger partial charge in [0.15, 0.2) is 0 Å². The molecule has 3 nitrogen and oxygen atoms in total. The van der Waals surface area contributed by atoms with Crippen molar-refractivity contribution in [2.45, 2.75) is 31.2 Å². The average Bonchev–Trinajstić information content (AvgIpc) is 2.33. The molecule has 1 aliphatic heterocycles. The van der Waals surface area contributed by atoms with Crippen LogP contribution in [0, 0.1) is 0 Å². The summed E-state index contributed by atoms with van der Waals surface area (Å²) in [6, 6.07) is 7.44. The van der Waals surface area contributed by atoms with E-state index in [1.54, 1.807) is 6.07 Å². The van der Waals surface area contributed by atoms with E-state index < -0.39 is 11.5 Å². The molecule has 1 aromatic rings. The van der Waals surface area contributed by atoms with Gasteiger partial charge in [0.1, 0.15) is 5.54 Å². The second-order valence-corrected chi connectivity index (χ2v) is 4.95. The van der Waals surface area contributed by atoms with Crippen molar-refractivity contribution in [3.8, 4) is 0 Å². The van der Waals surface area contributed by atoms with E-state index >= 15 is 0 Å². The number of carbonyl (C=O) groups is 1. The van der Waals surface area contributed by atoms with Crippen LogP contribution < -0.4 is 5.32 Å². The molecule has 1 aromatic carbocycles. The summed E-state index contributed by atoms with van der Waals surface area (Å²) in [6.07, 6.45) is 3.09. The number of nitrogens with one attached hydrogen (secondary N) is 1. The highest BCUT2D eigenvalue weighted by molar-refractivity contribution is 6.31. The van der Waals surface area contributed by atoms with Crippen molar-refractivity contribution in [3.63, 3.8) is 0 Å². The average molecular weight is 254 g/mol. The fourth-order valence-corrected chi connectivity index (χ4v) is 2.55. The van der Waals surface area contributed by atoms with Crippen molar-refractivity contribution >= 4 is 17.6 Å². The normalized spacial score (nSPS) is 24.5. The molecule has 0 aliphatic carbocycles. The second kappa shape index (κ2) is 5.07. The quantitative estimate of drug-likeness (QED) is 0.870. The second-order valence-electron chi connectivity index (χ2n) is 4.54. The molecule has 0 saturated carbocycles. The molecule has 0 bridgehead atoms. The summed E-state index contributed by atoms with van der Waals surface area (Å²) in [7, 11) is 0. The number of benzene rings is 1. The summed E-state index contributed by atoms with van der Waals surface area (Å²) >= 11 is 6.09. The summed E-state index contributed by atoms with van der Waals surface area (Å²) in [4.78, 5) is 11.5. The molecule has 0 radical (unpaired) electrons. The summed E-state index contributed by atoms with van der Waals surface area (Å²) in [5, 5.41) is 13.2. The Morgan fingerprint density at radius 2 is 2.18 bits per heavy atom. The van der Waals surface area contributed by atoms with Gasteiger partial charge in [-0.1, -0.05) is 29.8 Å². The third-order valence-electron chi connectivity index (χ3n) is 3.35. The number of hydrogen-bond acceptors (Lipinski definition) is 2. The van der Waals surface area contributed by atoms with E-state index in [9.17, 15) is 9.90 Å². The van der Waals surface area contributed by atoms with Crippen LogP contribution in [-0.2, 0) is 11.2 Å². The van der Waals surface area contributed by atoms with Crippen molar-refractivity contribution in [2.75, 3.05) is 6.54 Å². The highest BCUT2D eigenvalue weighted by Gasteiger charge is 2.39. The van der Waals surface area contributed by atoms with Gasteiger partial charge in [-0.15, -0.1) is 0 Å². The Morgan fingerprint density at radius 1 is 1.41 bits per heavy atom. The van der Waals surface area contributed by atoms with Gasteiger partial charge in [0.05, 0.1) is 0 Å². The maximum absolute atomic E-state index is 11.5. The Kier molecular flexibility index (Phi) is 3.69. The Hall–Kier alpha value is -1.06. The molecule has 1 unspecified atom stereocenters. The zero-order chi connectivity index (χ0) is 12.3. The summed E-state index contributed by atoms with van der Waals surface area (Å²) in [5.41, 5.74) is 0.0504. The van der Waals surface area contributed by atoms with Gasteiger partial charge in [0, 0.05) is 11.4 Å². The molecule has 2 N–H and O–H groups in total. The molecular formula is C13H16ClNO2. The highest BCUT2D eigenvalue weighted by Crippen LogP contribution is 2.27. The van der Waals surface area contributed by atoms with Crippen molar-refractivity contribution < 1.29 is 9.90 Å². The molecule has 1 heterocycles. The molecule has 1 aliphatic rings. The number of carboxylic acids is 1. The maximum Gasteiger partial charge on any atom is 0.324 e. The zero-order valence-corrected chi connectivity index (χ0v) is 10.3. The molecule has 0 aromatic heterocycles. The minimum Gasteiger partial charge on any atom is -0.480 e. The van der Waals surface area contributed by atoms with Crippen molar-refractivity contribution in [1.29, 1.82) is 0 Å². The van der Waals surface area contributed by atoms with Crippen molar-refractivity contribution in [1.82, 2.24) is 5.32 Å². The number of hydrogen-bond donors (Lipinski definition) is 2. The maximum atomic E-state index is 11.5. The minimum absolute atomic E-state index is 0.446. The van der Waals surface area contributed by atoms with Crippen LogP contribution in [0.3, 0.4) is 0 Å². The predicted molar refractivity (Wildman–Crippen MR) is 67.4 cm³/mol. The van der Waals surface area contributed by atoms with Crippen LogP contribution in [0.2, 0.25) is 5.02 Å². The molecule has 2 rings (SSSR count). The molecular weight excluding hydrogens is 238 g/mol. The number of carboxylic acid groups (broad SMARTS) is 1. The lowest BCUT2D eigenvalue weighted by Crippen LogP contribution is -2.56. The van der Waals surface area contributed by atoms with Crippen molar-refractivity contribution in [2.24, 2.45) is 0 Å². The summed E-state index contributed by atoms with van der Waals surface area (Å²) in [6.45, 7) is 0.761. The van der Waals surface area contributed by atoms with E-state index in [2.05, 4.69) is 5.32 Å². The lowest BCUT2D eigenvalue weighted by molar-refractivity contribution is -0.146. The van der Waals surface area contributed by atoms with Crippen LogP contribution >= 0.6 is 11.6 Å². The first-order valence-corrected chi connectivity index (χ1v) is 6.24. The van der Waals surface area contributed by atoms with Crippen LogP contribution in [0.5, 0.6) is 0 Å². The smallest absolute Gasteiger partial charge is 0.324 e. The van der Waals surface area contributed by atoms with Gasteiger partial charge in [-0.3, -0.25) is 4.79 Å². The first kappa shape index (κ1) is 12.4. The zero-order valence-electron chi connectivity index (χ0n) is 9.58. The standard InChI is InChI=1S/C13H16ClNO2/c14-11-6-2-1-5-10(11)9-13(12(16)17)7-3-4-8-15-13/h1-2,5-6,15H,3-4,7-9H2,(H,16,17). The van der Waals surface area contributed by atoms with Crippen LogP contribution in [0.25, 0.3) is 0 Å². The molecule has 0 amide bonds. The largest absolute Gasteiger partial charge is 0.480 e. The van der Waals surface area contributed by atoms with E-state index in [0.717, 1.165) is 24.9 Å². The predicted octanol–water partition coefficient (Wildman–Crippen LogP) is 2.48. The Bertz CT molecular complexity index is 414. The van der Waals surface area contributed by atoms with Gasteiger partial charge >= 0.3 is 5.97 Å². The van der Waals surface area contributed by atoms with Gasteiger partial charge in [-0.2, -0.15) is 0 Å². The third kappa shape index (κ3) is 2.61. The van der Waals surface area contributed by atoms with Gasteiger partial charge < -0.3 is 10.4 Å². The molecule has 1 fully saturated rings. The van der Waals surface area contributed by atoms with Gasteiger partial charge in [-0.05, 0) is 37.4 Å². The van der Waals surface area contributed by atoms with E-state index in [4.69, 9.17) is 11.6 Å². The first-order chi connectivity index (χ1) is 8.14. The van der Waals surface area contributed by atoms with Crippen LogP contribution in [-0.4, -0.2) is 23.2 Å². The lowest BCUT2D eigenvalue weighted by atomic mass is 9.83. The number of halogens is 1. The molecule has 4 heteroatoms. The van der Waals surface area contributed by atoms with Gasteiger partial charge in [-0.25, -0.2) is 0 Å². The summed E-state index contributed by atoms with van der Waals surface area (Å²) in [5.74, 6) is -0.780. The molecule has 17 heavy (non-hydrogen) atoms. The topological polar surface area (TPSA) is 49.3 Å². The first-order valence-electron chi connectivity index (χ1n) is 5.86. The molecule has 92 valence electrons.